The number of halogens is 1. The molecule has 3 rings (SSSR count). The summed E-state index contributed by atoms with van der Waals surface area (Å²) in [4.78, 5) is 0.106. The van der Waals surface area contributed by atoms with E-state index in [1.807, 2.05) is 26.0 Å². The van der Waals surface area contributed by atoms with Crippen LogP contribution in [0.15, 0.2) is 18.2 Å². The molecule has 0 unspecified atom stereocenters. The summed E-state index contributed by atoms with van der Waals surface area (Å²) >= 11 is 3.79. The molecule has 1 aliphatic rings. The molecule has 136 valence electrons. The van der Waals surface area contributed by atoms with Gasteiger partial charge in [0.05, 0.1) is 42.7 Å². The maximum atomic E-state index is 6.15. The Kier molecular flexibility index (Phi) is 5.16. The maximum Gasteiger partial charge on any atom is 0.134 e. The van der Waals surface area contributed by atoms with E-state index in [2.05, 4.69) is 35.8 Å². The molecule has 0 radical (unpaired) electrons. The van der Waals surface area contributed by atoms with Crippen molar-refractivity contribution in [3.05, 3.63) is 29.3 Å². The van der Waals surface area contributed by atoms with Gasteiger partial charge >= 0.3 is 0 Å². The minimum atomic E-state index is -0.0220. The molecule has 3 atom stereocenters. The van der Waals surface area contributed by atoms with Crippen LogP contribution in [0.1, 0.15) is 49.8 Å². The first-order valence-electron chi connectivity index (χ1n) is 8.56. The van der Waals surface area contributed by atoms with Gasteiger partial charge in [-0.2, -0.15) is 0 Å². The molecule has 0 saturated carbocycles. The predicted molar refractivity (Wildman–Crippen MR) is 103 cm³/mol. The third kappa shape index (κ3) is 3.20. The van der Waals surface area contributed by atoms with Gasteiger partial charge in [0.2, 0.25) is 0 Å². The summed E-state index contributed by atoms with van der Waals surface area (Å²) in [5, 5.41) is 2.01. The van der Waals surface area contributed by atoms with Gasteiger partial charge in [-0.15, -0.1) is 0 Å². The Hall–Kier alpha value is -1.46. The molecule has 0 saturated heterocycles. The van der Waals surface area contributed by atoms with E-state index in [1.54, 1.807) is 14.2 Å². The van der Waals surface area contributed by atoms with Crippen LogP contribution in [0.3, 0.4) is 0 Å². The first-order valence-corrected chi connectivity index (χ1v) is 9.47. The van der Waals surface area contributed by atoms with E-state index >= 15 is 0 Å². The third-order valence-electron chi connectivity index (χ3n) is 4.56. The summed E-state index contributed by atoms with van der Waals surface area (Å²) in [7, 11) is 3.33. The average molecular weight is 409 g/mol. The predicted octanol–water partition coefficient (Wildman–Crippen LogP) is 5.56. The third-order valence-corrected chi connectivity index (χ3v) is 5.80. The molecular weight excluding hydrogens is 384 g/mol. The van der Waals surface area contributed by atoms with E-state index in [4.69, 9.17) is 18.9 Å². The standard InChI is InChI=1S/C20H25BrO4/c1-10(2)24-17-9-15-18(11(3)25-12(4)20(15)21)14-7-13(22-5)8-16(23-6)19(14)17/h7-12,20H,1-6H3/t11-,12+,20+/m1/s1. The van der Waals surface area contributed by atoms with Gasteiger partial charge in [-0.05, 0) is 56.3 Å². The van der Waals surface area contributed by atoms with Crippen molar-refractivity contribution in [1.82, 2.24) is 0 Å². The lowest BCUT2D eigenvalue weighted by atomic mass is 9.89. The highest BCUT2D eigenvalue weighted by molar-refractivity contribution is 9.09. The Morgan fingerprint density at radius 3 is 2.36 bits per heavy atom. The van der Waals surface area contributed by atoms with E-state index in [0.29, 0.717) is 0 Å². The van der Waals surface area contributed by atoms with Crippen molar-refractivity contribution in [2.45, 2.75) is 50.8 Å². The number of benzene rings is 2. The summed E-state index contributed by atoms with van der Waals surface area (Å²) in [5.41, 5.74) is 2.35. The zero-order chi connectivity index (χ0) is 18.3. The second kappa shape index (κ2) is 7.04. The smallest absolute Gasteiger partial charge is 0.134 e. The Balaban J connectivity index is 2.41. The number of methoxy groups -OCH3 is 2. The second-order valence-electron chi connectivity index (χ2n) is 6.68. The summed E-state index contributed by atoms with van der Waals surface area (Å²) in [5.74, 6) is 2.32. The normalized spacial score (nSPS) is 22.8. The van der Waals surface area contributed by atoms with E-state index in [-0.39, 0.29) is 23.1 Å². The van der Waals surface area contributed by atoms with Gasteiger partial charge in [0, 0.05) is 6.07 Å². The SMILES string of the molecule is COc1cc(OC)c2c(OC(C)C)cc3c(c2c1)[C@@H](C)O[C@@H](C)[C@@H]3Br. The molecule has 0 aromatic heterocycles. The number of hydrogen-bond donors (Lipinski definition) is 0. The molecule has 1 heterocycles. The fraction of sp³-hybridized carbons (Fsp3) is 0.500. The van der Waals surface area contributed by atoms with Crippen molar-refractivity contribution in [3.63, 3.8) is 0 Å². The van der Waals surface area contributed by atoms with Crippen LogP contribution in [0.5, 0.6) is 17.2 Å². The Labute approximate surface area is 157 Å². The van der Waals surface area contributed by atoms with Crippen LogP contribution in [0.25, 0.3) is 10.8 Å². The van der Waals surface area contributed by atoms with Gasteiger partial charge in [-0.1, -0.05) is 15.9 Å². The van der Waals surface area contributed by atoms with Crippen LogP contribution < -0.4 is 14.2 Å². The Morgan fingerprint density at radius 1 is 1.04 bits per heavy atom. The summed E-state index contributed by atoms with van der Waals surface area (Å²) in [6.45, 7) is 8.23. The van der Waals surface area contributed by atoms with Gasteiger partial charge in [0.1, 0.15) is 17.2 Å². The van der Waals surface area contributed by atoms with Gasteiger partial charge in [0.15, 0.2) is 0 Å². The molecule has 0 amide bonds. The first-order chi connectivity index (χ1) is 11.9. The zero-order valence-corrected chi connectivity index (χ0v) is 17.1. The minimum absolute atomic E-state index is 0.0220. The number of fused-ring (bicyclic) bond motifs is 3. The van der Waals surface area contributed by atoms with Crippen LogP contribution in [-0.4, -0.2) is 26.4 Å². The van der Waals surface area contributed by atoms with Crippen LogP contribution in [0, 0.1) is 0 Å². The number of hydrogen-bond acceptors (Lipinski definition) is 4. The molecule has 5 heteroatoms. The van der Waals surface area contributed by atoms with E-state index in [0.717, 1.165) is 33.6 Å². The molecular formula is C20H25BrO4. The van der Waals surface area contributed by atoms with Gasteiger partial charge in [0.25, 0.3) is 0 Å². The molecule has 25 heavy (non-hydrogen) atoms. The summed E-state index contributed by atoms with van der Waals surface area (Å²) < 4.78 is 23.4. The van der Waals surface area contributed by atoms with Gasteiger partial charge < -0.3 is 18.9 Å². The highest BCUT2D eigenvalue weighted by Gasteiger charge is 2.33. The van der Waals surface area contributed by atoms with E-state index in [9.17, 15) is 0 Å². The maximum absolute atomic E-state index is 6.15. The van der Waals surface area contributed by atoms with Crippen molar-refractivity contribution in [2.24, 2.45) is 0 Å². The Bertz CT molecular complexity index is 787. The van der Waals surface area contributed by atoms with Crippen molar-refractivity contribution in [2.75, 3.05) is 14.2 Å². The topological polar surface area (TPSA) is 36.9 Å². The summed E-state index contributed by atoms with van der Waals surface area (Å²) in [6, 6.07) is 6.06. The van der Waals surface area contributed by atoms with Crippen molar-refractivity contribution in [1.29, 1.82) is 0 Å². The number of rotatable bonds is 4. The van der Waals surface area contributed by atoms with Crippen molar-refractivity contribution in [3.8, 4) is 17.2 Å². The van der Waals surface area contributed by atoms with Crippen LogP contribution in [0.2, 0.25) is 0 Å². The Morgan fingerprint density at radius 2 is 1.76 bits per heavy atom. The summed E-state index contributed by atoms with van der Waals surface area (Å²) in [6.07, 6.45) is 0.127. The quantitative estimate of drug-likeness (QED) is 0.620. The van der Waals surface area contributed by atoms with E-state index < -0.39 is 0 Å². The first kappa shape index (κ1) is 18.3. The lowest BCUT2D eigenvalue weighted by molar-refractivity contribution is -0.00453. The highest BCUT2D eigenvalue weighted by Crippen LogP contribution is 2.50. The molecule has 1 aliphatic heterocycles. The molecule has 0 bridgehead atoms. The molecule has 0 spiro atoms. The van der Waals surface area contributed by atoms with Crippen LogP contribution in [-0.2, 0) is 4.74 Å². The van der Waals surface area contributed by atoms with Crippen molar-refractivity contribution >= 4 is 26.7 Å². The van der Waals surface area contributed by atoms with E-state index in [1.165, 1.54) is 5.56 Å². The molecule has 2 aromatic carbocycles. The molecule has 0 N–H and O–H groups in total. The second-order valence-corrected chi connectivity index (χ2v) is 7.67. The lowest BCUT2D eigenvalue weighted by Crippen LogP contribution is -2.25. The zero-order valence-electron chi connectivity index (χ0n) is 15.6. The lowest BCUT2D eigenvalue weighted by Gasteiger charge is -2.34. The highest BCUT2D eigenvalue weighted by atomic mass is 79.9. The molecule has 0 aliphatic carbocycles. The largest absolute Gasteiger partial charge is 0.497 e. The fourth-order valence-corrected chi connectivity index (χ4v) is 4.03. The van der Waals surface area contributed by atoms with Gasteiger partial charge in [-0.25, -0.2) is 0 Å². The van der Waals surface area contributed by atoms with Crippen LogP contribution in [0.4, 0.5) is 0 Å². The van der Waals surface area contributed by atoms with Crippen LogP contribution >= 0.6 is 15.9 Å². The number of alkyl halides is 1. The monoisotopic (exact) mass is 408 g/mol. The fourth-order valence-electron chi connectivity index (χ4n) is 3.52. The molecule has 2 aromatic rings. The average Bonchev–Trinajstić information content (AvgIpc) is 2.57. The van der Waals surface area contributed by atoms with Crippen molar-refractivity contribution < 1.29 is 18.9 Å². The van der Waals surface area contributed by atoms with Gasteiger partial charge in [-0.3, -0.25) is 0 Å². The molecule has 0 fully saturated rings. The minimum Gasteiger partial charge on any atom is -0.497 e. The number of ether oxygens (including phenoxy) is 4. The molecule has 4 nitrogen and oxygen atoms in total.